The Morgan fingerprint density at radius 2 is 1.48 bits per heavy atom. The zero-order valence-corrected chi connectivity index (χ0v) is 17.2. The third-order valence-electron chi connectivity index (χ3n) is 4.76. The number of benzene rings is 2. The number of hydrogen-bond donors (Lipinski definition) is 1. The first-order valence-electron chi connectivity index (χ1n) is 9.10. The Labute approximate surface area is 163 Å². The minimum absolute atomic E-state index is 0.233. The fourth-order valence-corrected chi connectivity index (χ4v) is 5.37. The second-order valence-electron chi connectivity index (χ2n) is 7.01. The molecule has 0 aliphatic heterocycles. The summed E-state index contributed by atoms with van der Waals surface area (Å²) in [6, 6.07) is 13.7. The second-order valence-corrected chi connectivity index (χ2v) is 9.85. The molecular formula is C20H25NO4S2. The zero-order chi connectivity index (χ0) is 19.4. The first-order valence-corrected chi connectivity index (χ1v) is 11.7. The lowest BCUT2D eigenvalue weighted by Crippen LogP contribution is -2.46. The molecule has 1 aliphatic rings. The maximum atomic E-state index is 12.7. The fourth-order valence-electron chi connectivity index (χ4n) is 3.15. The maximum Gasteiger partial charge on any atom is 0.240 e. The summed E-state index contributed by atoms with van der Waals surface area (Å²) < 4.78 is 46.5. The smallest absolute Gasteiger partial charge is 0.240 e. The van der Waals surface area contributed by atoms with Gasteiger partial charge in [0.15, 0.2) is 11.1 Å². The minimum Gasteiger partial charge on any atom is -0.282 e. The summed E-state index contributed by atoms with van der Waals surface area (Å²) in [4.78, 5) is 0.823. The molecule has 2 aromatic carbocycles. The van der Waals surface area contributed by atoms with E-state index in [4.69, 9.17) is 4.18 Å². The van der Waals surface area contributed by atoms with E-state index in [0.717, 1.165) is 24.0 Å². The van der Waals surface area contributed by atoms with E-state index in [2.05, 4.69) is 4.72 Å². The monoisotopic (exact) mass is 407 g/mol. The van der Waals surface area contributed by atoms with Gasteiger partial charge in [-0.15, -0.1) is 0 Å². The molecule has 1 aliphatic carbocycles. The minimum atomic E-state index is -3.64. The van der Waals surface area contributed by atoms with Crippen LogP contribution in [0, 0.1) is 13.8 Å². The number of hydrogen-bond acceptors (Lipinski definition) is 4. The molecule has 1 fully saturated rings. The van der Waals surface area contributed by atoms with E-state index in [1.165, 1.54) is 0 Å². The first-order chi connectivity index (χ1) is 12.8. The van der Waals surface area contributed by atoms with E-state index in [1.807, 2.05) is 26.0 Å². The zero-order valence-electron chi connectivity index (χ0n) is 15.6. The van der Waals surface area contributed by atoms with Crippen molar-refractivity contribution in [1.82, 2.24) is 4.72 Å². The van der Waals surface area contributed by atoms with E-state index < -0.39 is 27.2 Å². The van der Waals surface area contributed by atoms with Crippen molar-refractivity contribution in [3.8, 4) is 0 Å². The van der Waals surface area contributed by atoms with Crippen LogP contribution in [0.25, 0.3) is 0 Å². The highest BCUT2D eigenvalue weighted by Crippen LogP contribution is 2.25. The Morgan fingerprint density at radius 3 is 2.11 bits per heavy atom. The summed E-state index contributed by atoms with van der Waals surface area (Å²) in [6.07, 6.45) is 2.78. The Balaban J connectivity index is 1.72. The molecule has 3 rings (SSSR count). The largest absolute Gasteiger partial charge is 0.282 e. The van der Waals surface area contributed by atoms with Gasteiger partial charge in [0.1, 0.15) is 0 Å². The quantitative estimate of drug-likeness (QED) is 0.794. The SMILES string of the molecule is Cc1ccc(S(=O)O[C@@H]2CCCC[C@H]2NS(=O)(=O)c2ccc(C)cc2)cc1. The summed E-state index contributed by atoms with van der Waals surface area (Å²) in [5.74, 6) is 0. The van der Waals surface area contributed by atoms with Crippen molar-refractivity contribution < 1.29 is 16.8 Å². The molecule has 0 saturated heterocycles. The van der Waals surface area contributed by atoms with E-state index in [-0.39, 0.29) is 10.9 Å². The number of sulfonamides is 1. The molecule has 0 amide bonds. The molecule has 27 heavy (non-hydrogen) atoms. The molecule has 5 nitrogen and oxygen atoms in total. The van der Waals surface area contributed by atoms with E-state index in [9.17, 15) is 12.6 Å². The molecule has 0 radical (unpaired) electrons. The highest BCUT2D eigenvalue weighted by Gasteiger charge is 2.32. The van der Waals surface area contributed by atoms with E-state index in [1.54, 1.807) is 36.4 Å². The highest BCUT2D eigenvalue weighted by molar-refractivity contribution is 7.89. The topological polar surface area (TPSA) is 72.5 Å². The van der Waals surface area contributed by atoms with Crippen LogP contribution in [0.3, 0.4) is 0 Å². The third-order valence-corrected chi connectivity index (χ3v) is 7.35. The van der Waals surface area contributed by atoms with Gasteiger partial charge in [-0.3, -0.25) is 4.18 Å². The normalized spacial score (nSPS) is 21.7. The molecule has 0 aromatic heterocycles. The van der Waals surface area contributed by atoms with Gasteiger partial charge in [0.05, 0.1) is 15.9 Å². The summed E-state index contributed by atoms with van der Waals surface area (Å²) >= 11 is -1.62. The summed E-state index contributed by atoms with van der Waals surface area (Å²) in [6.45, 7) is 3.87. The number of nitrogens with one attached hydrogen (secondary N) is 1. The van der Waals surface area contributed by atoms with Gasteiger partial charge in [0.25, 0.3) is 0 Å². The Morgan fingerprint density at radius 1 is 0.926 bits per heavy atom. The molecule has 7 heteroatoms. The van der Waals surface area contributed by atoms with Gasteiger partial charge in [0, 0.05) is 6.04 Å². The van der Waals surface area contributed by atoms with E-state index in [0.29, 0.717) is 17.7 Å². The summed E-state index contributed by atoms with van der Waals surface area (Å²) in [7, 11) is -3.64. The Hall–Kier alpha value is -1.54. The lowest BCUT2D eigenvalue weighted by molar-refractivity contribution is 0.141. The molecule has 3 atom stereocenters. The number of aryl methyl sites for hydroxylation is 2. The van der Waals surface area contributed by atoms with Gasteiger partial charge in [-0.2, -0.15) is 0 Å². The molecular weight excluding hydrogens is 382 g/mol. The predicted octanol–water partition coefficient (Wildman–Crippen LogP) is 3.63. The lowest BCUT2D eigenvalue weighted by atomic mass is 9.93. The van der Waals surface area contributed by atoms with Crippen LogP contribution in [0.1, 0.15) is 36.8 Å². The summed E-state index contributed by atoms with van der Waals surface area (Å²) in [5, 5.41) is 0. The molecule has 0 heterocycles. The van der Waals surface area contributed by atoms with Crippen molar-refractivity contribution >= 4 is 21.1 Å². The Kier molecular flexibility index (Phi) is 6.47. The van der Waals surface area contributed by atoms with Crippen LogP contribution in [-0.2, 0) is 25.3 Å². The molecule has 1 unspecified atom stereocenters. The molecule has 146 valence electrons. The van der Waals surface area contributed by atoms with Gasteiger partial charge >= 0.3 is 0 Å². The highest BCUT2D eigenvalue weighted by atomic mass is 32.2. The molecule has 1 N–H and O–H groups in total. The van der Waals surface area contributed by atoms with Crippen LogP contribution in [0.4, 0.5) is 0 Å². The molecule has 0 spiro atoms. The van der Waals surface area contributed by atoms with Gasteiger partial charge in [0.2, 0.25) is 10.0 Å². The average molecular weight is 408 g/mol. The van der Waals surface area contributed by atoms with Gasteiger partial charge in [-0.25, -0.2) is 17.3 Å². The van der Waals surface area contributed by atoms with Crippen LogP contribution in [0.2, 0.25) is 0 Å². The van der Waals surface area contributed by atoms with Gasteiger partial charge < -0.3 is 0 Å². The number of rotatable bonds is 6. The molecule has 2 aromatic rings. The van der Waals surface area contributed by atoms with Crippen LogP contribution < -0.4 is 4.72 Å². The van der Waals surface area contributed by atoms with Gasteiger partial charge in [-0.05, 0) is 51.0 Å². The maximum absolute atomic E-state index is 12.7. The Bertz CT molecular complexity index is 893. The van der Waals surface area contributed by atoms with Crippen LogP contribution in [0.5, 0.6) is 0 Å². The standard InChI is InChI=1S/C20H25NO4S2/c1-15-7-11-17(12-8-15)26(22)25-20-6-4-3-5-19(20)21-27(23,24)18-13-9-16(2)10-14-18/h7-14,19-21H,3-6H2,1-2H3/t19-,20-,26?/m1/s1. The van der Waals surface area contributed by atoms with E-state index >= 15 is 0 Å². The second kappa shape index (κ2) is 8.65. The van der Waals surface area contributed by atoms with Crippen molar-refractivity contribution in [3.05, 3.63) is 59.7 Å². The first kappa shape index (κ1) is 20.2. The van der Waals surface area contributed by atoms with Crippen molar-refractivity contribution in [1.29, 1.82) is 0 Å². The molecule has 1 saturated carbocycles. The third kappa shape index (κ3) is 5.25. The van der Waals surface area contributed by atoms with Crippen molar-refractivity contribution in [2.45, 2.75) is 61.5 Å². The van der Waals surface area contributed by atoms with Crippen LogP contribution in [0.15, 0.2) is 58.3 Å². The molecule has 0 bridgehead atoms. The summed E-state index contributed by atoms with van der Waals surface area (Å²) in [5.41, 5.74) is 2.08. The average Bonchev–Trinajstić information content (AvgIpc) is 2.64. The van der Waals surface area contributed by atoms with Crippen molar-refractivity contribution in [2.24, 2.45) is 0 Å². The van der Waals surface area contributed by atoms with Crippen molar-refractivity contribution in [3.63, 3.8) is 0 Å². The van der Waals surface area contributed by atoms with Gasteiger partial charge in [-0.1, -0.05) is 48.2 Å². The van der Waals surface area contributed by atoms with Crippen LogP contribution >= 0.6 is 0 Å². The lowest BCUT2D eigenvalue weighted by Gasteiger charge is -2.31. The van der Waals surface area contributed by atoms with Crippen molar-refractivity contribution in [2.75, 3.05) is 0 Å². The van der Waals surface area contributed by atoms with Crippen LogP contribution in [-0.4, -0.2) is 24.8 Å². The fraction of sp³-hybridized carbons (Fsp3) is 0.400. The predicted molar refractivity (Wildman–Crippen MR) is 106 cm³/mol.